The van der Waals surface area contributed by atoms with Crippen molar-refractivity contribution in [2.75, 3.05) is 33.2 Å². The number of amides is 1. The van der Waals surface area contributed by atoms with Crippen LogP contribution < -0.4 is 5.73 Å². The van der Waals surface area contributed by atoms with Gasteiger partial charge >= 0.3 is 0 Å². The van der Waals surface area contributed by atoms with Crippen molar-refractivity contribution in [3.8, 4) is 0 Å². The molecule has 3 N–H and O–H groups in total. The summed E-state index contributed by atoms with van der Waals surface area (Å²) in [5, 5.41) is 9.66. The van der Waals surface area contributed by atoms with Crippen LogP contribution in [0.25, 0.3) is 0 Å². The van der Waals surface area contributed by atoms with E-state index in [-0.39, 0.29) is 17.9 Å². The Balaban J connectivity index is 2.24. The highest BCUT2D eigenvalue weighted by Gasteiger charge is 2.24. The van der Waals surface area contributed by atoms with Gasteiger partial charge in [0.2, 0.25) is 5.91 Å². The molecule has 6 heteroatoms. The van der Waals surface area contributed by atoms with E-state index in [1.165, 1.54) is 0 Å². The summed E-state index contributed by atoms with van der Waals surface area (Å²) < 4.78 is 0. The number of carbonyl (C=O) groups excluding carboxylic acids is 1. The standard InChI is InChI=1S/C13H25N3O2S/c1-10-9-16(7-3-11(10)17)8-5-13(18)15(2)6-4-12(14)19/h10-11,17H,3-9H2,1-2H3,(H2,14,19). The molecule has 1 amide bonds. The van der Waals surface area contributed by atoms with Gasteiger partial charge in [-0.1, -0.05) is 19.1 Å². The third-order valence-electron chi connectivity index (χ3n) is 3.71. The zero-order valence-electron chi connectivity index (χ0n) is 11.8. The minimum Gasteiger partial charge on any atom is -0.393 e. The van der Waals surface area contributed by atoms with E-state index in [2.05, 4.69) is 4.90 Å². The lowest BCUT2D eigenvalue weighted by Gasteiger charge is -2.34. The number of likely N-dealkylation sites (tertiary alicyclic amines) is 1. The summed E-state index contributed by atoms with van der Waals surface area (Å²) in [6, 6.07) is 0. The van der Waals surface area contributed by atoms with Crippen LogP contribution in [0, 0.1) is 5.92 Å². The molecule has 2 atom stereocenters. The van der Waals surface area contributed by atoms with Crippen LogP contribution in [0.2, 0.25) is 0 Å². The quantitative estimate of drug-likeness (QED) is 0.684. The number of aliphatic hydroxyl groups is 1. The average Bonchev–Trinajstić information content (AvgIpc) is 2.36. The van der Waals surface area contributed by atoms with Crippen LogP contribution in [0.15, 0.2) is 0 Å². The fourth-order valence-electron chi connectivity index (χ4n) is 2.27. The Morgan fingerprint density at radius 1 is 1.53 bits per heavy atom. The van der Waals surface area contributed by atoms with Gasteiger partial charge < -0.3 is 20.6 Å². The first-order valence-electron chi connectivity index (χ1n) is 6.83. The topological polar surface area (TPSA) is 69.8 Å². The van der Waals surface area contributed by atoms with Gasteiger partial charge in [-0.25, -0.2) is 0 Å². The SMILES string of the molecule is CC1CN(CCC(=O)N(C)CCC(N)=S)CCC1O. The Morgan fingerprint density at radius 2 is 2.21 bits per heavy atom. The van der Waals surface area contributed by atoms with Gasteiger partial charge in [0.15, 0.2) is 0 Å². The van der Waals surface area contributed by atoms with E-state index >= 15 is 0 Å². The summed E-state index contributed by atoms with van der Waals surface area (Å²) in [7, 11) is 1.78. The number of aliphatic hydroxyl groups excluding tert-OH is 1. The first kappa shape index (κ1) is 16.3. The van der Waals surface area contributed by atoms with E-state index < -0.39 is 0 Å². The maximum atomic E-state index is 11.9. The Kier molecular flexibility index (Phi) is 6.68. The van der Waals surface area contributed by atoms with Gasteiger partial charge in [0.25, 0.3) is 0 Å². The Bertz CT molecular complexity index is 325. The van der Waals surface area contributed by atoms with E-state index in [1.54, 1.807) is 11.9 Å². The molecular weight excluding hydrogens is 262 g/mol. The Hall–Kier alpha value is -0.720. The van der Waals surface area contributed by atoms with Crippen molar-refractivity contribution in [3.63, 3.8) is 0 Å². The molecule has 0 aromatic rings. The lowest BCUT2D eigenvalue weighted by molar-refractivity contribution is -0.130. The van der Waals surface area contributed by atoms with Crippen molar-refractivity contribution in [1.82, 2.24) is 9.80 Å². The molecule has 1 rings (SSSR count). The van der Waals surface area contributed by atoms with Crippen LogP contribution in [0.1, 0.15) is 26.2 Å². The van der Waals surface area contributed by atoms with E-state index in [1.807, 2.05) is 6.92 Å². The maximum Gasteiger partial charge on any atom is 0.223 e. The number of carbonyl (C=O) groups is 1. The largest absolute Gasteiger partial charge is 0.393 e. The molecule has 1 aliphatic rings. The molecule has 0 bridgehead atoms. The molecule has 0 radical (unpaired) electrons. The van der Waals surface area contributed by atoms with Crippen molar-refractivity contribution in [2.24, 2.45) is 11.7 Å². The lowest BCUT2D eigenvalue weighted by atomic mass is 9.97. The monoisotopic (exact) mass is 287 g/mol. The molecule has 1 aliphatic heterocycles. The molecule has 0 saturated carbocycles. The van der Waals surface area contributed by atoms with Crippen molar-refractivity contribution in [3.05, 3.63) is 0 Å². The number of hydrogen-bond acceptors (Lipinski definition) is 4. The number of nitrogens with zero attached hydrogens (tertiary/aromatic N) is 2. The molecule has 0 spiro atoms. The minimum absolute atomic E-state index is 0.120. The second-order valence-electron chi connectivity index (χ2n) is 5.42. The zero-order valence-corrected chi connectivity index (χ0v) is 12.7. The molecule has 5 nitrogen and oxygen atoms in total. The highest BCUT2D eigenvalue weighted by molar-refractivity contribution is 7.80. The third-order valence-corrected chi connectivity index (χ3v) is 3.91. The predicted molar refractivity (Wildman–Crippen MR) is 79.9 cm³/mol. The number of piperidine rings is 1. The average molecular weight is 287 g/mol. The highest BCUT2D eigenvalue weighted by Crippen LogP contribution is 2.16. The normalized spacial score (nSPS) is 24.2. The van der Waals surface area contributed by atoms with Gasteiger partial charge in [-0.05, 0) is 12.3 Å². The number of nitrogens with two attached hydrogens (primary N) is 1. The summed E-state index contributed by atoms with van der Waals surface area (Å²) in [6.45, 7) is 5.13. The molecule has 1 saturated heterocycles. The van der Waals surface area contributed by atoms with E-state index in [0.29, 0.717) is 24.4 Å². The van der Waals surface area contributed by atoms with Crippen LogP contribution in [0.3, 0.4) is 0 Å². The van der Waals surface area contributed by atoms with E-state index in [0.717, 1.165) is 26.1 Å². The van der Waals surface area contributed by atoms with Crippen LogP contribution in [0.5, 0.6) is 0 Å². The van der Waals surface area contributed by atoms with Crippen molar-refractivity contribution in [1.29, 1.82) is 0 Å². The summed E-state index contributed by atoms with van der Waals surface area (Å²) in [5.41, 5.74) is 5.42. The van der Waals surface area contributed by atoms with Crippen molar-refractivity contribution >= 4 is 23.1 Å². The minimum atomic E-state index is -0.194. The summed E-state index contributed by atoms with van der Waals surface area (Å²) in [5.74, 6) is 0.409. The molecule has 110 valence electrons. The Labute approximate surface area is 120 Å². The van der Waals surface area contributed by atoms with Gasteiger partial charge in [0.05, 0.1) is 11.1 Å². The van der Waals surface area contributed by atoms with Gasteiger partial charge in [-0.2, -0.15) is 0 Å². The zero-order chi connectivity index (χ0) is 14.4. The molecule has 2 unspecified atom stereocenters. The summed E-state index contributed by atoms with van der Waals surface area (Å²) >= 11 is 4.80. The highest BCUT2D eigenvalue weighted by atomic mass is 32.1. The van der Waals surface area contributed by atoms with Gasteiger partial charge in [0, 0.05) is 46.1 Å². The Morgan fingerprint density at radius 3 is 2.79 bits per heavy atom. The van der Waals surface area contributed by atoms with Crippen LogP contribution >= 0.6 is 12.2 Å². The van der Waals surface area contributed by atoms with Gasteiger partial charge in [-0.3, -0.25) is 4.79 Å². The van der Waals surface area contributed by atoms with Gasteiger partial charge in [0.1, 0.15) is 0 Å². The molecule has 0 aliphatic carbocycles. The van der Waals surface area contributed by atoms with E-state index in [4.69, 9.17) is 18.0 Å². The molecule has 1 fully saturated rings. The number of rotatable bonds is 6. The first-order chi connectivity index (χ1) is 8.90. The second-order valence-corrected chi connectivity index (χ2v) is 5.94. The smallest absolute Gasteiger partial charge is 0.223 e. The third kappa shape index (κ3) is 5.84. The summed E-state index contributed by atoms with van der Waals surface area (Å²) in [4.78, 5) is 16.3. The number of thiocarbonyl (C=S) groups is 1. The molecular formula is C13H25N3O2S. The molecule has 1 heterocycles. The van der Waals surface area contributed by atoms with Crippen molar-refractivity contribution < 1.29 is 9.90 Å². The fraction of sp³-hybridized carbons (Fsp3) is 0.846. The summed E-state index contributed by atoms with van der Waals surface area (Å²) in [6.07, 6.45) is 1.69. The number of hydrogen-bond donors (Lipinski definition) is 2. The van der Waals surface area contributed by atoms with Crippen LogP contribution in [-0.2, 0) is 4.79 Å². The van der Waals surface area contributed by atoms with E-state index in [9.17, 15) is 9.90 Å². The second kappa shape index (κ2) is 7.77. The van der Waals surface area contributed by atoms with Crippen LogP contribution in [-0.4, -0.2) is 65.1 Å². The fourth-order valence-corrected chi connectivity index (χ4v) is 2.36. The van der Waals surface area contributed by atoms with Crippen LogP contribution in [0.4, 0.5) is 0 Å². The molecule has 19 heavy (non-hydrogen) atoms. The molecule has 0 aromatic heterocycles. The van der Waals surface area contributed by atoms with Gasteiger partial charge in [-0.15, -0.1) is 0 Å². The van der Waals surface area contributed by atoms with Crippen molar-refractivity contribution in [2.45, 2.75) is 32.3 Å². The maximum absolute atomic E-state index is 11.9. The predicted octanol–water partition coefficient (Wildman–Crippen LogP) is 0.214. The lowest BCUT2D eigenvalue weighted by Crippen LogP contribution is -2.43. The first-order valence-corrected chi connectivity index (χ1v) is 7.23. The molecule has 0 aromatic carbocycles.